The molecule has 0 aromatic heterocycles. The number of rotatable bonds is 10. The minimum atomic E-state index is -0.829. The van der Waals surface area contributed by atoms with E-state index in [1.165, 1.54) is 26.4 Å². The zero-order valence-corrected chi connectivity index (χ0v) is 28.5. The molecular formula is C39H49N3O6. The fourth-order valence-corrected chi connectivity index (χ4v) is 8.32. The standard InChI is InChI=1S/C39H49N3O6/c1-38(2)20-31-21-39(3,24-38)25-42(31)22-32-19-34(28-12-10-27(23-43)11-13-28)48-36(47-32)29-14-16-30(17-15-29)40-37(45)41-33(35(44)46-4)18-26-8-6-5-7-9-26/h5-17,31-34,36,43H,18-25H2,1-4H3,(H2,40,41,45)/t31?,32-,33+,34+,36+,39?/m1/s1. The SMILES string of the molecule is COC(=O)[C@H](Cc1ccccc1)NC(=O)Nc1ccc([C@H]2O[C@@H](CN3CC4(C)CC3CC(C)(C)C4)C[C@@H](c3ccc(CO)cc3)O2)cc1. The summed E-state index contributed by atoms with van der Waals surface area (Å²) >= 11 is 0. The molecule has 48 heavy (non-hydrogen) atoms. The second-order valence-corrected chi connectivity index (χ2v) is 15.0. The van der Waals surface area contributed by atoms with Gasteiger partial charge in [0.05, 0.1) is 25.9 Å². The van der Waals surface area contributed by atoms with E-state index in [-0.39, 0.29) is 18.8 Å². The van der Waals surface area contributed by atoms with Crippen molar-refractivity contribution in [1.82, 2.24) is 10.2 Å². The van der Waals surface area contributed by atoms with Gasteiger partial charge in [-0.15, -0.1) is 0 Å². The molecule has 6 rings (SSSR count). The fraction of sp³-hybridized carbons (Fsp3) is 0.487. The first-order chi connectivity index (χ1) is 23.0. The number of benzene rings is 3. The lowest BCUT2D eigenvalue weighted by Gasteiger charge is -2.41. The number of aliphatic hydroxyl groups is 1. The summed E-state index contributed by atoms with van der Waals surface area (Å²) in [5, 5.41) is 15.2. The third-order valence-corrected chi connectivity index (χ3v) is 10.1. The van der Waals surface area contributed by atoms with Gasteiger partial charge in [-0.2, -0.15) is 0 Å². The maximum atomic E-state index is 12.9. The van der Waals surface area contributed by atoms with Gasteiger partial charge in [-0.25, -0.2) is 9.59 Å². The second kappa shape index (κ2) is 14.4. The van der Waals surface area contributed by atoms with Crippen LogP contribution in [0, 0.1) is 10.8 Å². The normalized spacial score (nSPS) is 27.2. The number of fused-ring (bicyclic) bond motifs is 2. The molecule has 0 radical (unpaired) electrons. The molecule has 3 fully saturated rings. The molecule has 1 saturated carbocycles. The minimum absolute atomic E-state index is 0.000405. The van der Waals surface area contributed by atoms with Gasteiger partial charge in [-0.3, -0.25) is 4.90 Å². The number of aliphatic hydroxyl groups excluding tert-OH is 1. The lowest BCUT2D eigenvalue weighted by molar-refractivity contribution is -0.253. The number of nitrogens with zero attached hydrogens (tertiary/aromatic N) is 1. The Kier molecular flexibility index (Phi) is 10.2. The molecule has 2 saturated heterocycles. The summed E-state index contributed by atoms with van der Waals surface area (Å²) in [4.78, 5) is 28.0. The highest BCUT2D eigenvalue weighted by molar-refractivity contribution is 5.92. The quantitative estimate of drug-likeness (QED) is 0.213. The average Bonchev–Trinajstić information content (AvgIpc) is 3.31. The van der Waals surface area contributed by atoms with Crippen molar-refractivity contribution in [3.63, 3.8) is 0 Å². The Morgan fingerprint density at radius 3 is 2.33 bits per heavy atom. The number of hydrogen-bond donors (Lipinski definition) is 3. The molecule has 3 aromatic carbocycles. The summed E-state index contributed by atoms with van der Waals surface area (Å²) in [5.41, 5.74) is 4.95. The van der Waals surface area contributed by atoms with E-state index in [1.54, 1.807) is 0 Å². The van der Waals surface area contributed by atoms with Crippen molar-refractivity contribution in [2.24, 2.45) is 10.8 Å². The Morgan fingerprint density at radius 1 is 0.938 bits per heavy atom. The molecule has 9 heteroatoms. The van der Waals surface area contributed by atoms with E-state index < -0.39 is 24.3 Å². The van der Waals surface area contributed by atoms with Gasteiger partial charge in [0.15, 0.2) is 6.29 Å². The topological polar surface area (TPSA) is 109 Å². The molecule has 0 spiro atoms. The Hall–Kier alpha value is -3.76. The van der Waals surface area contributed by atoms with Gasteiger partial charge in [-0.05, 0) is 58.9 Å². The number of carbonyl (C=O) groups is 2. The van der Waals surface area contributed by atoms with Crippen LogP contribution in [0.5, 0.6) is 0 Å². The molecule has 3 N–H and O–H groups in total. The van der Waals surface area contributed by atoms with Crippen LogP contribution in [0.1, 0.15) is 81.1 Å². The third kappa shape index (κ3) is 8.26. The number of likely N-dealkylation sites (tertiary alicyclic amines) is 1. The number of hydrogen-bond acceptors (Lipinski definition) is 7. The van der Waals surface area contributed by atoms with Gasteiger partial charge in [-0.1, -0.05) is 87.5 Å². The highest BCUT2D eigenvalue weighted by Gasteiger charge is 2.50. The van der Waals surface area contributed by atoms with Crippen LogP contribution in [0.15, 0.2) is 78.9 Å². The Bertz CT molecular complexity index is 1550. The van der Waals surface area contributed by atoms with Crippen molar-refractivity contribution < 1.29 is 28.9 Å². The van der Waals surface area contributed by atoms with Crippen LogP contribution in [0.25, 0.3) is 0 Å². The monoisotopic (exact) mass is 655 g/mol. The van der Waals surface area contributed by atoms with E-state index in [1.807, 2.05) is 78.9 Å². The summed E-state index contributed by atoms with van der Waals surface area (Å²) in [7, 11) is 1.31. The van der Waals surface area contributed by atoms with E-state index >= 15 is 0 Å². The molecule has 2 bridgehead atoms. The predicted molar refractivity (Wildman–Crippen MR) is 184 cm³/mol. The first-order valence-corrected chi connectivity index (χ1v) is 17.1. The maximum absolute atomic E-state index is 12.9. The molecular weight excluding hydrogens is 606 g/mol. The summed E-state index contributed by atoms with van der Waals surface area (Å²) in [6.45, 7) is 9.18. The van der Waals surface area contributed by atoms with Crippen molar-refractivity contribution in [3.05, 3.63) is 101 Å². The van der Waals surface area contributed by atoms with Crippen molar-refractivity contribution >= 4 is 17.7 Å². The van der Waals surface area contributed by atoms with Crippen LogP contribution in [0.2, 0.25) is 0 Å². The molecule has 2 amide bonds. The van der Waals surface area contributed by atoms with E-state index in [0.717, 1.165) is 41.8 Å². The van der Waals surface area contributed by atoms with E-state index in [0.29, 0.717) is 29.0 Å². The van der Waals surface area contributed by atoms with Crippen LogP contribution in [0.4, 0.5) is 10.5 Å². The van der Waals surface area contributed by atoms with Gasteiger partial charge >= 0.3 is 12.0 Å². The van der Waals surface area contributed by atoms with Crippen molar-refractivity contribution in [1.29, 1.82) is 0 Å². The number of methoxy groups -OCH3 is 1. The molecule has 6 atom stereocenters. The Balaban J connectivity index is 1.14. The van der Waals surface area contributed by atoms with Crippen molar-refractivity contribution in [2.75, 3.05) is 25.5 Å². The number of esters is 1. The number of urea groups is 1. The van der Waals surface area contributed by atoms with Crippen LogP contribution in [0.3, 0.4) is 0 Å². The predicted octanol–water partition coefficient (Wildman–Crippen LogP) is 6.53. The molecule has 3 aliphatic rings. The van der Waals surface area contributed by atoms with E-state index in [4.69, 9.17) is 14.2 Å². The van der Waals surface area contributed by atoms with Gasteiger partial charge < -0.3 is 30.0 Å². The van der Waals surface area contributed by atoms with Gasteiger partial charge in [0.2, 0.25) is 0 Å². The lowest BCUT2D eigenvalue weighted by atomic mass is 9.65. The molecule has 1 aliphatic carbocycles. The number of nitrogens with one attached hydrogen (secondary N) is 2. The molecule has 9 nitrogen and oxygen atoms in total. The first kappa shape index (κ1) is 34.1. The molecule has 2 aliphatic heterocycles. The highest BCUT2D eigenvalue weighted by Crippen LogP contribution is 2.53. The fourth-order valence-electron chi connectivity index (χ4n) is 8.32. The third-order valence-electron chi connectivity index (χ3n) is 10.1. The van der Waals surface area contributed by atoms with Crippen LogP contribution >= 0.6 is 0 Å². The van der Waals surface area contributed by atoms with Gasteiger partial charge in [0.1, 0.15) is 6.04 Å². The van der Waals surface area contributed by atoms with Crippen molar-refractivity contribution in [3.8, 4) is 0 Å². The number of anilines is 1. The van der Waals surface area contributed by atoms with Crippen LogP contribution in [-0.2, 0) is 32.0 Å². The van der Waals surface area contributed by atoms with Crippen LogP contribution < -0.4 is 10.6 Å². The summed E-state index contributed by atoms with van der Waals surface area (Å²) in [6, 6.07) is 24.1. The van der Waals surface area contributed by atoms with Gasteiger partial charge in [0, 0.05) is 43.2 Å². The van der Waals surface area contributed by atoms with Crippen molar-refractivity contribution in [2.45, 2.75) is 90.1 Å². The van der Waals surface area contributed by atoms with E-state index in [2.05, 4.69) is 36.3 Å². The van der Waals surface area contributed by atoms with Gasteiger partial charge in [0.25, 0.3) is 0 Å². The zero-order chi connectivity index (χ0) is 33.9. The Labute approximate surface area is 284 Å². The largest absolute Gasteiger partial charge is 0.467 e. The number of amides is 2. The lowest BCUT2D eigenvalue weighted by Crippen LogP contribution is -2.45. The minimum Gasteiger partial charge on any atom is -0.467 e. The highest BCUT2D eigenvalue weighted by atomic mass is 16.7. The maximum Gasteiger partial charge on any atom is 0.328 e. The Morgan fingerprint density at radius 2 is 1.65 bits per heavy atom. The zero-order valence-electron chi connectivity index (χ0n) is 28.5. The second-order valence-electron chi connectivity index (χ2n) is 15.0. The smallest absolute Gasteiger partial charge is 0.328 e. The molecule has 2 heterocycles. The van der Waals surface area contributed by atoms with Crippen LogP contribution in [-0.4, -0.2) is 60.4 Å². The number of ether oxygens (including phenoxy) is 3. The van der Waals surface area contributed by atoms with E-state index in [9.17, 15) is 14.7 Å². The number of carbonyl (C=O) groups excluding carboxylic acids is 2. The molecule has 2 unspecified atom stereocenters. The average molecular weight is 656 g/mol. The summed E-state index contributed by atoms with van der Waals surface area (Å²) in [5.74, 6) is -0.513. The molecule has 3 aromatic rings. The molecule has 256 valence electrons. The first-order valence-electron chi connectivity index (χ1n) is 17.1. The summed E-state index contributed by atoms with van der Waals surface area (Å²) in [6.07, 6.45) is 3.97. The summed E-state index contributed by atoms with van der Waals surface area (Å²) < 4.78 is 18.2.